The fourth-order valence-electron chi connectivity index (χ4n) is 5.17. The van der Waals surface area contributed by atoms with E-state index in [4.69, 9.17) is 0 Å². The van der Waals surface area contributed by atoms with Gasteiger partial charge in [0.25, 0.3) is 0 Å². The number of nitrogens with one attached hydrogen (secondary N) is 1. The highest BCUT2D eigenvalue weighted by molar-refractivity contribution is 5.85. The van der Waals surface area contributed by atoms with Gasteiger partial charge in [-0.3, -0.25) is 4.90 Å². The number of alkyl halides is 6. The topological polar surface area (TPSA) is 19.0 Å². The van der Waals surface area contributed by atoms with Crippen molar-refractivity contribution in [3.8, 4) is 0 Å². The van der Waals surface area contributed by atoms with E-state index in [9.17, 15) is 26.3 Å². The first-order valence-corrected chi connectivity index (χ1v) is 11.8. The Labute approximate surface area is 204 Å². The molecule has 36 heavy (non-hydrogen) atoms. The lowest BCUT2D eigenvalue weighted by Crippen LogP contribution is -2.35. The summed E-state index contributed by atoms with van der Waals surface area (Å²) >= 11 is 0. The number of halogens is 6. The van der Waals surface area contributed by atoms with Gasteiger partial charge in [-0.25, -0.2) is 0 Å². The van der Waals surface area contributed by atoms with Crippen LogP contribution in [0, 0.1) is 0 Å². The highest BCUT2D eigenvalue weighted by Crippen LogP contribution is 2.39. The van der Waals surface area contributed by atoms with E-state index < -0.39 is 23.5 Å². The molecule has 0 fully saturated rings. The number of H-pyrrole nitrogens is 1. The molecule has 8 heteroatoms. The van der Waals surface area contributed by atoms with E-state index in [0.29, 0.717) is 37.1 Å². The summed E-state index contributed by atoms with van der Waals surface area (Å²) in [5, 5.41) is 1.11. The van der Waals surface area contributed by atoms with Crippen LogP contribution >= 0.6 is 0 Å². The summed E-state index contributed by atoms with van der Waals surface area (Å²) < 4.78 is 79.4. The van der Waals surface area contributed by atoms with Gasteiger partial charge in [-0.05, 0) is 54.2 Å². The van der Waals surface area contributed by atoms with E-state index in [1.807, 2.05) is 24.3 Å². The van der Waals surface area contributed by atoms with Crippen molar-refractivity contribution in [1.82, 2.24) is 9.88 Å². The summed E-state index contributed by atoms with van der Waals surface area (Å²) in [4.78, 5) is 5.61. The van der Waals surface area contributed by atoms with Crippen LogP contribution in [0.5, 0.6) is 0 Å². The number of nitrogens with zero attached hydrogens (tertiary/aromatic N) is 1. The second-order valence-corrected chi connectivity index (χ2v) is 9.23. The van der Waals surface area contributed by atoms with E-state index in [-0.39, 0.29) is 6.04 Å². The van der Waals surface area contributed by atoms with Crippen molar-refractivity contribution in [3.63, 3.8) is 0 Å². The second kappa shape index (κ2) is 9.32. The molecule has 0 amide bonds. The largest absolute Gasteiger partial charge is 0.416 e. The molecule has 2 heterocycles. The molecule has 1 aromatic heterocycles. The monoisotopic (exact) mass is 502 g/mol. The number of aromatic nitrogens is 1. The molecule has 3 aromatic carbocycles. The number of aromatic amines is 1. The van der Waals surface area contributed by atoms with Gasteiger partial charge in [-0.15, -0.1) is 0 Å². The summed E-state index contributed by atoms with van der Waals surface area (Å²) in [6.07, 6.45) is -7.17. The zero-order valence-electron chi connectivity index (χ0n) is 19.3. The Morgan fingerprint density at radius 3 is 2.11 bits per heavy atom. The average Bonchev–Trinajstić information content (AvgIpc) is 3.21. The lowest BCUT2D eigenvalue weighted by atomic mass is 9.92. The van der Waals surface area contributed by atoms with Gasteiger partial charge in [-0.1, -0.05) is 54.6 Å². The molecule has 0 aliphatic carbocycles. The van der Waals surface area contributed by atoms with Crippen LogP contribution in [0.25, 0.3) is 10.9 Å². The Bertz CT molecular complexity index is 1370. The molecule has 0 spiro atoms. The SMILES string of the molecule is FC(F)(F)c1cccc(CCC2c3[nH]c4ccccc4c3CCN2Cc2cccc(C(F)(F)F)c2)c1. The Morgan fingerprint density at radius 2 is 1.42 bits per heavy atom. The van der Waals surface area contributed by atoms with Gasteiger partial charge in [0, 0.05) is 29.7 Å². The number of benzene rings is 3. The molecule has 1 atom stereocenters. The Hall–Kier alpha value is -3.26. The van der Waals surface area contributed by atoms with Crippen LogP contribution in [0.2, 0.25) is 0 Å². The van der Waals surface area contributed by atoms with Crippen molar-refractivity contribution in [2.75, 3.05) is 6.54 Å². The predicted octanol–water partition coefficient (Wildman–Crippen LogP) is 7.94. The van der Waals surface area contributed by atoms with Crippen LogP contribution in [0.15, 0.2) is 72.8 Å². The molecule has 0 radical (unpaired) electrons. The minimum Gasteiger partial charge on any atom is -0.357 e. The summed E-state index contributed by atoms with van der Waals surface area (Å²) in [5.41, 5.74) is 2.88. The Morgan fingerprint density at radius 1 is 0.778 bits per heavy atom. The van der Waals surface area contributed by atoms with E-state index in [0.717, 1.165) is 35.2 Å². The summed E-state index contributed by atoms with van der Waals surface area (Å²) in [5.74, 6) is 0. The Balaban J connectivity index is 1.46. The quantitative estimate of drug-likeness (QED) is 0.275. The normalized spacial score (nSPS) is 16.9. The molecule has 0 saturated heterocycles. The molecule has 0 bridgehead atoms. The lowest BCUT2D eigenvalue weighted by molar-refractivity contribution is -0.138. The van der Waals surface area contributed by atoms with Gasteiger partial charge in [0.2, 0.25) is 0 Å². The van der Waals surface area contributed by atoms with Crippen LogP contribution < -0.4 is 0 Å². The van der Waals surface area contributed by atoms with Gasteiger partial charge < -0.3 is 4.98 Å². The number of hydrogen-bond donors (Lipinski definition) is 1. The van der Waals surface area contributed by atoms with E-state index in [2.05, 4.69) is 9.88 Å². The molecular formula is C28H24F6N2. The number of fused-ring (bicyclic) bond motifs is 3. The maximum atomic E-state index is 13.3. The highest BCUT2D eigenvalue weighted by Gasteiger charge is 2.33. The third-order valence-electron chi connectivity index (χ3n) is 6.87. The third-order valence-corrected chi connectivity index (χ3v) is 6.87. The maximum Gasteiger partial charge on any atom is 0.416 e. The Kier molecular flexibility index (Phi) is 6.32. The van der Waals surface area contributed by atoms with Gasteiger partial charge in [0.1, 0.15) is 0 Å². The van der Waals surface area contributed by atoms with Crippen molar-refractivity contribution >= 4 is 10.9 Å². The molecule has 1 aliphatic heterocycles. The number of rotatable bonds is 5. The van der Waals surface area contributed by atoms with Gasteiger partial charge in [-0.2, -0.15) is 26.3 Å². The van der Waals surface area contributed by atoms with Crippen molar-refractivity contribution < 1.29 is 26.3 Å². The van der Waals surface area contributed by atoms with Crippen molar-refractivity contribution in [2.45, 2.75) is 44.2 Å². The fraction of sp³-hybridized carbons (Fsp3) is 0.286. The molecule has 2 nitrogen and oxygen atoms in total. The first-order chi connectivity index (χ1) is 17.1. The van der Waals surface area contributed by atoms with Crippen LogP contribution in [-0.4, -0.2) is 16.4 Å². The first kappa shape index (κ1) is 24.4. The van der Waals surface area contributed by atoms with Crippen LogP contribution in [-0.2, 0) is 31.7 Å². The first-order valence-electron chi connectivity index (χ1n) is 11.8. The summed E-state index contributed by atoms with van der Waals surface area (Å²) in [6, 6.07) is 18.4. The fourth-order valence-corrected chi connectivity index (χ4v) is 5.17. The molecule has 0 saturated carbocycles. The number of aryl methyl sites for hydroxylation is 1. The van der Waals surface area contributed by atoms with Gasteiger partial charge in [0.15, 0.2) is 0 Å². The molecule has 5 rings (SSSR count). The number of hydrogen-bond acceptors (Lipinski definition) is 1. The van der Waals surface area contributed by atoms with Crippen molar-refractivity contribution in [3.05, 3.63) is 106 Å². The predicted molar refractivity (Wildman–Crippen MR) is 126 cm³/mol. The standard InChI is InChI=1S/C28H24F6N2/c29-27(30,31)20-7-3-5-18(15-20)11-12-25-26-23(22-9-1-2-10-24(22)35-26)13-14-36(25)17-19-6-4-8-21(16-19)28(32,33)34/h1-10,15-16,25,35H,11-14,17H2. The minimum absolute atomic E-state index is 0.176. The summed E-state index contributed by atoms with van der Waals surface area (Å²) in [6.45, 7) is 0.949. The van der Waals surface area contributed by atoms with E-state index in [1.165, 1.54) is 29.8 Å². The summed E-state index contributed by atoms with van der Waals surface area (Å²) in [7, 11) is 0. The molecule has 1 N–H and O–H groups in total. The van der Waals surface area contributed by atoms with Crippen LogP contribution in [0.3, 0.4) is 0 Å². The third kappa shape index (κ3) is 5.00. The van der Waals surface area contributed by atoms with Gasteiger partial charge >= 0.3 is 12.4 Å². The molecule has 188 valence electrons. The smallest absolute Gasteiger partial charge is 0.357 e. The van der Waals surface area contributed by atoms with Crippen molar-refractivity contribution in [1.29, 1.82) is 0 Å². The van der Waals surface area contributed by atoms with Crippen LogP contribution in [0.4, 0.5) is 26.3 Å². The minimum atomic E-state index is -4.43. The zero-order valence-corrected chi connectivity index (χ0v) is 19.3. The van der Waals surface area contributed by atoms with Crippen molar-refractivity contribution in [2.24, 2.45) is 0 Å². The molecule has 1 unspecified atom stereocenters. The molecule has 1 aliphatic rings. The maximum absolute atomic E-state index is 13.3. The van der Waals surface area contributed by atoms with E-state index in [1.54, 1.807) is 12.1 Å². The molecular weight excluding hydrogens is 478 g/mol. The highest BCUT2D eigenvalue weighted by atomic mass is 19.4. The van der Waals surface area contributed by atoms with E-state index >= 15 is 0 Å². The zero-order chi connectivity index (χ0) is 25.5. The second-order valence-electron chi connectivity index (χ2n) is 9.23. The number of para-hydroxylation sites is 1. The lowest BCUT2D eigenvalue weighted by Gasteiger charge is -2.36. The van der Waals surface area contributed by atoms with Crippen LogP contribution in [0.1, 0.15) is 46.0 Å². The average molecular weight is 503 g/mol. The van der Waals surface area contributed by atoms with Gasteiger partial charge in [0.05, 0.1) is 17.2 Å². The molecule has 4 aromatic rings.